The van der Waals surface area contributed by atoms with Crippen LogP contribution in [0.5, 0.6) is 0 Å². The molecule has 0 spiro atoms. The fourth-order valence-electron chi connectivity index (χ4n) is 7.62. The number of fused-ring (bicyclic) bond motifs is 8. The number of aromatic nitrogens is 1. The maximum Gasteiger partial charge on any atom is 0.143 e. The summed E-state index contributed by atoms with van der Waals surface area (Å²) in [7, 11) is 0. The van der Waals surface area contributed by atoms with E-state index < -0.39 is 0 Å². The summed E-state index contributed by atoms with van der Waals surface area (Å²) in [6, 6.07) is 59.0. The van der Waals surface area contributed by atoms with E-state index in [0.717, 1.165) is 33.1 Å². The Morgan fingerprint density at radius 1 is 0.370 bits per heavy atom. The first-order valence-corrected chi connectivity index (χ1v) is 15.8. The van der Waals surface area contributed by atoms with Crippen LogP contribution >= 0.6 is 0 Å². The van der Waals surface area contributed by atoms with Crippen LogP contribution in [0, 0.1) is 0 Å². The molecule has 0 saturated carbocycles. The Hall–Kier alpha value is -6.12. The molecule has 0 N–H and O–H groups in total. The highest BCUT2D eigenvalue weighted by atomic mass is 16.3. The van der Waals surface area contributed by atoms with E-state index in [1.165, 1.54) is 60.2 Å². The number of benzene rings is 8. The third-order valence-corrected chi connectivity index (χ3v) is 9.58. The predicted molar refractivity (Wildman–Crippen MR) is 194 cm³/mol. The molecular formula is C44H27NO. The van der Waals surface area contributed by atoms with Gasteiger partial charge in [-0.3, -0.25) is 0 Å². The summed E-state index contributed by atoms with van der Waals surface area (Å²) >= 11 is 0. The lowest BCUT2D eigenvalue weighted by Gasteiger charge is -2.19. The van der Waals surface area contributed by atoms with Gasteiger partial charge in [0.15, 0.2) is 0 Å². The summed E-state index contributed by atoms with van der Waals surface area (Å²) in [4.78, 5) is 0. The van der Waals surface area contributed by atoms with E-state index in [1.807, 2.05) is 12.1 Å². The Balaban J connectivity index is 1.30. The molecule has 8 aromatic carbocycles. The van der Waals surface area contributed by atoms with Crippen LogP contribution in [0.4, 0.5) is 0 Å². The van der Waals surface area contributed by atoms with E-state index in [0.29, 0.717) is 0 Å². The van der Waals surface area contributed by atoms with Crippen molar-refractivity contribution in [3.63, 3.8) is 0 Å². The fraction of sp³-hybridized carbons (Fsp3) is 0. The maximum absolute atomic E-state index is 6.45. The number of furan rings is 1. The van der Waals surface area contributed by atoms with Gasteiger partial charge in [0.25, 0.3) is 0 Å². The molecule has 0 unspecified atom stereocenters. The van der Waals surface area contributed by atoms with Crippen molar-refractivity contribution >= 4 is 65.3 Å². The van der Waals surface area contributed by atoms with Crippen molar-refractivity contribution < 1.29 is 4.42 Å². The van der Waals surface area contributed by atoms with Gasteiger partial charge in [0.2, 0.25) is 0 Å². The van der Waals surface area contributed by atoms with Crippen molar-refractivity contribution in [2.75, 3.05) is 0 Å². The Kier molecular flexibility index (Phi) is 5.31. The van der Waals surface area contributed by atoms with Gasteiger partial charge >= 0.3 is 0 Å². The van der Waals surface area contributed by atoms with Crippen LogP contribution in [-0.4, -0.2) is 4.57 Å². The van der Waals surface area contributed by atoms with Gasteiger partial charge in [-0.25, -0.2) is 0 Å². The van der Waals surface area contributed by atoms with Crippen molar-refractivity contribution in [3.8, 4) is 27.9 Å². The van der Waals surface area contributed by atoms with Crippen LogP contribution < -0.4 is 0 Å². The lowest BCUT2D eigenvalue weighted by atomic mass is 9.90. The summed E-state index contributed by atoms with van der Waals surface area (Å²) in [5.41, 5.74) is 10.2. The van der Waals surface area contributed by atoms with Gasteiger partial charge in [-0.2, -0.15) is 0 Å². The summed E-state index contributed by atoms with van der Waals surface area (Å²) in [6.07, 6.45) is 0. The normalized spacial score (nSPS) is 11.9. The maximum atomic E-state index is 6.45. The van der Waals surface area contributed by atoms with E-state index in [-0.39, 0.29) is 0 Å². The van der Waals surface area contributed by atoms with Crippen molar-refractivity contribution in [1.29, 1.82) is 0 Å². The number of hydrogen-bond donors (Lipinski definition) is 0. The zero-order valence-corrected chi connectivity index (χ0v) is 24.9. The highest BCUT2D eigenvalue weighted by molar-refractivity contribution is 6.21. The smallest absolute Gasteiger partial charge is 0.143 e. The second-order valence-electron chi connectivity index (χ2n) is 12.0. The molecular weight excluding hydrogens is 558 g/mol. The minimum Gasteiger partial charge on any atom is -0.455 e. The summed E-state index contributed by atoms with van der Waals surface area (Å²) in [5.74, 6) is 0. The van der Waals surface area contributed by atoms with E-state index in [1.54, 1.807) is 0 Å². The first-order chi connectivity index (χ1) is 22.8. The lowest BCUT2D eigenvalue weighted by molar-refractivity contribution is 0.670. The standard InChI is InChI=1S/C44H27NO/c1-2-13-28(14-3-1)42-33-17-4-6-19-35(33)43(36-20-7-5-18-34(36)42)45-39-23-10-8-15-31(39)38-27-29(25-26-40(38)45)30-21-12-22-37-32-16-9-11-24-41(32)46-44(30)37/h1-27H. The minimum atomic E-state index is 0.917. The van der Waals surface area contributed by atoms with Gasteiger partial charge < -0.3 is 8.98 Å². The molecule has 0 atom stereocenters. The number of rotatable bonds is 3. The topological polar surface area (TPSA) is 18.1 Å². The van der Waals surface area contributed by atoms with Crippen molar-refractivity contribution in [1.82, 2.24) is 4.57 Å². The lowest BCUT2D eigenvalue weighted by Crippen LogP contribution is -1.99. The summed E-state index contributed by atoms with van der Waals surface area (Å²) in [5, 5.41) is 9.72. The van der Waals surface area contributed by atoms with Crippen molar-refractivity contribution in [2.24, 2.45) is 0 Å². The van der Waals surface area contributed by atoms with Crippen LogP contribution in [0.25, 0.3) is 93.2 Å². The third-order valence-electron chi connectivity index (χ3n) is 9.58. The average molecular weight is 586 g/mol. The summed E-state index contributed by atoms with van der Waals surface area (Å²) < 4.78 is 8.93. The third kappa shape index (κ3) is 3.53. The zero-order chi connectivity index (χ0) is 30.2. The predicted octanol–water partition coefficient (Wildman–Crippen LogP) is 12.3. The second kappa shape index (κ2) is 9.69. The van der Waals surface area contributed by atoms with Crippen molar-refractivity contribution in [2.45, 2.75) is 0 Å². The molecule has 2 aromatic heterocycles. The molecule has 0 bridgehead atoms. The fourth-order valence-corrected chi connectivity index (χ4v) is 7.62. The van der Waals surface area contributed by atoms with Crippen LogP contribution in [0.15, 0.2) is 168 Å². The molecule has 0 aliphatic heterocycles. The number of para-hydroxylation sites is 3. The van der Waals surface area contributed by atoms with Gasteiger partial charge in [-0.1, -0.05) is 140 Å². The molecule has 0 radical (unpaired) electrons. The van der Waals surface area contributed by atoms with Crippen molar-refractivity contribution in [3.05, 3.63) is 164 Å². The minimum absolute atomic E-state index is 0.917. The summed E-state index contributed by atoms with van der Waals surface area (Å²) in [6.45, 7) is 0. The molecule has 0 fully saturated rings. The van der Waals surface area contributed by atoms with E-state index in [2.05, 4.69) is 156 Å². The Morgan fingerprint density at radius 3 is 1.72 bits per heavy atom. The van der Waals surface area contributed by atoms with Gasteiger partial charge in [-0.05, 0) is 51.7 Å². The zero-order valence-electron chi connectivity index (χ0n) is 24.9. The van der Waals surface area contributed by atoms with Gasteiger partial charge in [-0.15, -0.1) is 0 Å². The molecule has 0 aliphatic carbocycles. The van der Waals surface area contributed by atoms with Gasteiger partial charge in [0.1, 0.15) is 11.2 Å². The molecule has 0 amide bonds. The number of nitrogens with zero attached hydrogens (tertiary/aromatic N) is 1. The van der Waals surface area contributed by atoms with Crippen LogP contribution in [0.3, 0.4) is 0 Å². The van der Waals surface area contributed by atoms with E-state index >= 15 is 0 Å². The average Bonchev–Trinajstić information content (AvgIpc) is 3.66. The van der Waals surface area contributed by atoms with Gasteiger partial charge in [0.05, 0.1) is 16.7 Å². The molecule has 46 heavy (non-hydrogen) atoms. The van der Waals surface area contributed by atoms with Crippen LogP contribution in [0.2, 0.25) is 0 Å². The van der Waals surface area contributed by atoms with Crippen LogP contribution in [-0.2, 0) is 0 Å². The van der Waals surface area contributed by atoms with Crippen LogP contribution in [0.1, 0.15) is 0 Å². The molecule has 10 rings (SSSR count). The molecule has 2 nitrogen and oxygen atoms in total. The molecule has 0 saturated heterocycles. The Labute approximate surface area is 265 Å². The second-order valence-corrected chi connectivity index (χ2v) is 12.0. The molecule has 10 aromatic rings. The highest BCUT2D eigenvalue weighted by Gasteiger charge is 2.21. The molecule has 2 heteroatoms. The van der Waals surface area contributed by atoms with E-state index in [9.17, 15) is 0 Å². The highest BCUT2D eigenvalue weighted by Crippen LogP contribution is 2.45. The first-order valence-electron chi connectivity index (χ1n) is 15.8. The quantitative estimate of drug-likeness (QED) is 0.189. The van der Waals surface area contributed by atoms with E-state index in [4.69, 9.17) is 4.42 Å². The molecule has 214 valence electrons. The Bertz CT molecular complexity index is 2740. The Morgan fingerprint density at radius 2 is 0.957 bits per heavy atom. The largest absolute Gasteiger partial charge is 0.455 e. The molecule has 2 heterocycles. The first kappa shape index (κ1) is 25.2. The number of hydrogen-bond acceptors (Lipinski definition) is 1. The van der Waals surface area contributed by atoms with Gasteiger partial charge in [0, 0.05) is 37.9 Å². The SMILES string of the molecule is c1ccc(-c2c3ccccc3c(-n3c4ccccc4c4cc(-c5cccc6c5oc5ccccc56)ccc43)c3ccccc23)cc1. The molecule has 0 aliphatic rings. The monoisotopic (exact) mass is 585 g/mol.